The van der Waals surface area contributed by atoms with E-state index in [1.165, 1.54) is 30.4 Å². The Morgan fingerprint density at radius 2 is 1.88 bits per heavy atom. The lowest BCUT2D eigenvalue weighted by Crippen LogP contribution is -2.10. The van der Waals surface area contributed by atoms with Crippen LogP contribution in [0.5, 0.6) is 0 Å². The molecular formula is C14H15N3. The van der Waals surface area contributed by atoms with Crippen molar-refractivity contribution < 1.29 is 0 Å². The van der Waals surface area contributed by atoms with Gasteiger partial charge in [0, 0.05) is 5.56 Å². The molecule has 0 spiro atoms. The van der Waals surface area contributed by atoms with E-state index in [1.54, 1.807) is 12.4 Å². The molecule has 2 aromatic rings. The molecule has 0 unspecified atom stereocenters. The van der Waals surface area contributed by atoms with Crippen molar-refractivity contribution in [3.05, 3.63) is 42.2 Å². The van der Waals surface area contributed by atoms with Gasteiger partial charge in [0.25, 0.3) is 0 Å². The van der Waals surface area contributed by atoms with E-state index in [1.807, 2.05) is 0 Å². The van der Waals surface area contributed by atoms with E-state index in [2.05, 4.69) is 34.2 Å². The molecule has 0 atom stereocenters. The van der Waals surface area contributed by atoms with Crippen molar-refractivity contribution in [1.82, 2.24) is 9.97 Å². The van der Waals surface area contributed by atoms with E-state index in [4.69, 9.17) is 5.73 Å². The van der Waals surface area contributed by atoms with Gasteiger partial charge in [0.15, 0.2) is 0 Å². The lowest BCUT2D eigenvalue weighted by atomic mass is 9.78. The Morgan fingerprint density at radius 1 is 1.06 bits per heavy atom. The zero-order valence-corrected chi connectivity index (χ0v) is 9.63. The first-order valence-electron chi connectivity index (χ1n) is 6.01. The van der Waals surface area contributed by atoms with Crippen LogP contribution in [-0.2, 0) is 0 Å². The number of nitrogen functional groups attached to an aromatic ring is 1. The van der Waals surface area contributed by atoms with Crippen LogP contribution < -0.4 is 5.73 Å². The molecule has 1 aliphatic carbocycles. The molecule has 0 saturated heterocycles. The van der Waals surface area contributed by atoms with Gasteiger partial charge in [0.1, 0.15) is 5.82 Å². The molecule has 1 aromatic carbocycles. The smallest absolute Gasteiger partial charge is 0.141 e. The first-order chi connectivity index (χ1) is 8.34. The normalized spacial score (nSPS) is 15.5. The maximum Gasteiger partial charge on any atom is 0.141 e. The maximum absolute atomic E-state index is 5.57. The average molecular weight is 225 g/mol. The Labute approximate surface area is 101 Å². The van der Waals surface area contributed by atoms with E-state index in [9.17, 15) is 0 Å². The molecule has 86 valence electrons. The van der Waals surface area contributed by atoms with E-state index in [-0.39, 0.29) is 0 Å². The van der Waals surface area contributed by atoms with Crippen molar-refractivity contribution in [2.75, 3.05) is 5.73 Å². The highest BCUT2D eigenvalue weighted by Crippen LogP contribution is 2.40. The molecule has 2 N–H and O–H groups in total. The van der Waals surface area contributed by atoms with Gasteiger partial charge >= 0.3 is 0 Å². The molecule has 1 saturated carbocycles. The summed E-state index contributed by atoms with van der Waals surface area (Å²) < 4.78 is 0. The Kier molecular flexibility index (Phi) is 2.52. The molecule has 1 fully saturated rings. The number of nitrogens with two attached hydrogens (primary N) is 1. The van der Waals surface area contributed by atoms with Crippen LogP contribution in [0.2, 0.25) is 0 Å². The van der Waals surface area contributed by atoms with Crippen molar-refractivity contribution in [3.8, 4) is 11.3 Å². The Balaban J connectivity index is 2.04. The second kappa shape index (κ2) is 4.17. The van der Waals surface area contributed by atoms with Crippen LogP contribution in [0, 0.1) is 0 Å². The lowest BCUT2D eigenvalue weighted by molar-refractivity contribution is 0.420. The first kappa shape index (κ1) is 10.3. The van der Waals surface area contributed by atoms with Crippen molar-refractivity contribution >= 4 is 5.82 Å². The minimum absolute atomic E-state index is 0.467. The van der Waals surface area contributed by atoms with E-state index < -0.39 is 0 Å². The summed E-state index contributed by atoms with van der Waals surface area (Å²) in [6.07, 6.45) is 7.30. The summed E-state index contributed by atoms with van der Waals surface area (Å²) in [7, 11) is 0. The molecule has 0 bridgehead atoms. The van der Waals surface area contributed by atoms with Crippen LogP contribution in [0.4, 0.5) is 5.82 Å². The summed E-state index contributed by atoms with van der Waals surface area (Å²) in [6.45, 7) is 0. The molecule has 3 nitrogen and oxygen atoms in total. The number of rotatable bonds is 2. The number of aromatic nitrogens is 2. The van der Waals surface area contributed by atoms with Crippen LogP contribution in [0.15, 0.2) is 36.7 Å². The van der Waals surface area contributed by atoms with Crippen molar-refractivity contribution in [1.29, 1.82) is 0 Å². The van der Waals surface area contributed by atoms with Crippen molar-refractivity contribution in [2.24, 2.45) is 0 Å². The lowest BCUT2D eigenvalue weighted by Gasteiger charge is -2.27. The standard InChI is InChI=1S/C14H15N3/c15-14-9-16-13(8-17-14)12-7-2-1-6-11(12)10-4-3-5-10/h1-2,6-10H,3-5H2,(H2,15,17). The molecule has 3 rings (SSSR count). The molecule has 1 aliphatic rings. The summed E-state index contributed by atoms with van der Waals surface area (Å²) in [5.41, 5.74) is 9.08. The van der Waals surface area contributed by atoms with Gasteiger partial charge in [-0.15, -0.1) is 0 Å². The maximum atomic E-state index is 5.57. The molecule has 17 heavy (non-hydrogen) atoms. The molecule has 1 aromatic heterocycles. The van der Waals surface area contributed by atoms with Crippen LogP contribution in [0.3, 0.4) is 0 Å². The average Bonchev–Trinajstić information content (AvgIpc) is 2.29. The minimum atomic E-state index is 0.467. The third kappa shape index (κ3) is 1.88. The zero-order chi connectivity index (χ0) is 11.7. The van der Waals surface area contributed by atoms with Crippen LogP contribution in [-0.4, -0.2) is 9.97 Å². The van der Waals surface area contributed by atoms with E-state index in [0.29, 0.717) is 11.7 Å². The second-order valence-corrected chi connectivity index (χ2v) is 4.54. The molecule has 0 aliphatic heterocycles. The Hall–Kier alpha value is -1.90. The van der Waals surface area contributed by atoms with Crippen LogP contribution >= 0.6 is 0 Å². The molecular weight excluding hydrogens is 210 g/mol. The van der Waals surface area contributed by atoms with Crippen LogP contribution in [0.25, 0.3) is 11.3 Å². The second-order valence-electron chi connectivity index (χ2n) is 4.54. The largest absolute Gasteiger partial charge is 0.382 e. The topological polar surface area (TPSA) is 51.8 Å². The van der Waals surface area contributed by atoms with E-state index in [0.717, 1.165) is 5.69 Å². The SMILES string of the molecule is Nc1cnc(-c2ccccc2C2CCC2)cn1. The zero-order valence-electron chi connectivity index (χ0n) is 9.63. The number of hydrogen-bond donors (Lipinski definition) is 1. The minimum Gasteiger partial charge on any atom is -0.382 e. The number of nitrogens with zero attached hydrogens (tertiary/aromatic N) is 2. The van der Waals surface area contributed by atoms with E-state index >= 15 is 0 Å². The third-order valence-corrected chi connectivity index (χ3v) is 3.45. The highest BCUT2D eigenvalue weighted by Gasteiger charge is 2.22. The summed E-state index contributed by atoms with van der Waals surface area (Å²) in [5, 5.41) is 0. The predicted molar refractivity (Wildman–Crippen MR) is 68.5 cm³/mol. The fourth-order valence-corrected chi connectivity index (χ4v) is 2.28. The van der Waals surface area contributed by atoms with Crippen molar-refractivity contribution in [2.45, 2.75) is 25.2 Å². The molecule has 1 heterocycles. The van der Waals surface area contributed by atoms with Gasteiger partial charge in [-0.1, -0.05) is 30.7 Å². The van der Waals surface area contributed by atoms with Gasteiger partial charge in [-0.05, 0) is 24.3 Å². The Bertz CT molecular complexity index is 515. The van der Waals surface area contributed by atoms with Crippen molar-refractivity contribution in [3.63, 3.8) is 0 Å². The fourth-order valence-electron chi connectivity index (χ4n) is 2.28. The van der Waals surface area contributed by atoms with Gasteiger partial charge in [0.05, 0.1) is 18.1 Å². The fraction of sp³-hybridized carbons (Fsp3) is 0.286. The number of benzene rings is 1. The summed E-state index contributed by atoms with van der Waals surface area (Å²) in [4.78, 5) is 8.48. The molecule has 3 heteroatoms. The predicted octanol–water partition coefficient (Wildman–Crippen LogP) is 2.99. The highest BCUT2D eigenvalue weighted by atomic mass is 14.9. The summed E-state index contributed by atoms with van der Waals surface area (Å²) >= 11 is 0. The highest BCUT2D eigenvalue weighted by molar-refractivity contribution is 5.64. The number of hydrogen-bond acceptors (Lipinski definition) is 3. The summed E-state index contributed by atoms with van der Waals surface area (Å²) in [5.74, 6) is 1.17. The molecule has 0 radical (unpaired) electrons. The quantitative estimate of drug-likeness (QED) is 0.854. The van der Waals surface area contributed by atoms with Gasteiger partial charge in [-0.2, -0.15) is 0 Å². The van der Waals surface area contributed by atoms with Gasteiger partial charge < -0.3 is 5.73 Å². The third-order valence-electron chi connectivity index (χ3n) is 3.45. The van der Waals surface area contributed by atoms with Gasteiger partial charge in [-0.3, -0.25) is 4.98 Å². The number of anilines is 1. The summed E-state index contributed by atoms with van der Waals surface area (Å²) in [6, 6.07) is 8.47. The Morgan fingerprint density at radius 3 is 2.53 bits per heavy atom. The molecule has 0 amide bonds. The first-order valence-corrected chi connectivity index (χ1v) is 6.01. The van der Waals surface area contributed by atoms with Crippen LogP contribution in [0.1, 0.15) is 30.7 Å². The monoisotopic (exact) mass is 225 g/mol. The van der Waals surface area contributed by atoms with Gasteiger partial charge in [0.2, 0.25) is 0 Å². The van der Waals surface area contributed by atoms with Gasteiger partial charge in [-0.25, -0.2) is 4.98 Å².